The average Bonchev–Trinajstić information content (AvgIpc) is 2.96. The van der Waals surface area contributed by atoms with E-state index < -0.39 is 0 Å². The van der Waals surface area contributed by atoms with Gasteiger partial charge in [-0.05, 0) is 45.1 Å². The Labute approximate surface area is 101 Å². The Morgan fingerprint density at radius 1 is 1.12 bits per heavy atom. The van der Waals surface area contributed by atoms with E-state index in [9.17, 15) is 0 Å². The zero-order chi connectivity index (χ0) is 11.6. The highest BCUT2D eigenvalue weighted by atomic mass is 15.2. The van der Waals surface area contributed by atoms with Crippen LogP contribution in [0.3, 0.4) is 0 Å². The Morgan fingerprint density at radius 3 is 2.50 bits per heavy atom. The molecule has 2 rings (SSSR count). The van der Waals surface area contributed by atoms with Crippen molar-refractivity contribution in [1.82, 2.24) is 10.2 Å². The normalized spacial score (nSPS) is 27.9. The Hall–Kier alpha value is -0.0800. The second-order valence-corrected chi connectivity index (χ2v) is 6.66. The molecular formula is C14H28N2. The van der Waals surface area contributed by atoms with Crippen LogP contribution in [-0.2, 0) is 0 Å². The summed E-state index contributed by atoms with van der Waals surface area (Å²) in [6.45, 7) is 12.1. The van der Waals surface area contributed by atoms with E-state index in [4.69, 9.17) is 0 Å². The second-order valence-electron chi connectivity index (χ2n) is 6.66. The monoisotopic (exact) mass is 224 g/mol. The molecule has 2 fully saturated rings. The molecule has 2 heteroatoms. The van der Waals surface area contributed by atoms with E-state index in [1.54, 1.807) is 0 Å². The van der Waals surface area contributed by atoms with Crippen LogP contribution in [0.15, 0.2) is 0 Å². The zero-order valence-corrected chi connectivity index (χ0v) is 11.3. The first-order chi connectivity index (χ1) is 7.55. The van der Waals surface area contributed by atoms with Crippen molar-refractivity contribution >= 4 is 0 Å². The molecule has 94 valence electrons. The van der Waals surface area contributed by atoms with Crippen LogP contribution in [0.4, 0.5) is 0 Å². The molecule has 1 heterocycles. The van der Waals surface area contributed by atoms with Crippen molar-refractivity contribution in [3.63, 3.8) is 0 Å². The van der Waals surface area contributed by atoms with E-state index in [1.165, 1.54) is 58.3 Å². The van der Waals surface area contributed by atoms with Gasteiger partial charge in [0, 0.05) is 25.2 Å². The Kier molecular flexibility index (Phi) is 3.60. The van der Waals surface area contributed by atoms with Gasteiger partial charge in [-0.15, -0.1) is 0 Å². The van der Waals surface area contributed by atoms with Crippen LogP contribution >= 0.6 is 0 Å². The fourth-order valence-corrected chi connectivity index (χ4v) is 2.88. The fourth-order valence-electron chi connectivity index (χ4n) is 2.88. The maximum atomic E-state index is 3.75. The molecule has 0 aromatic heterocycles. The predicted molar refractivity (Wildman–Crippen MR) is 69.7 cm³/mol. The van der Waals surface area contributed by atoms with Gasteiger partial charge in [0.15, 0.2) is 0 Å². The van der Waals surface area contributed by atoms with Crippen molar-refractivity contribution in [1.29, 1.82) is 0 Å². The van der Waals surface area contributed by atoms with Crippen LogP contribution in [0, 0.1) is 5.41 Å². The summed E-state index contributed by atoms with van der Waals surface area (Å²) >= 11 is 0. The molecule has 0 unspecified atom stereocenters. The van der Waals surface area contributed by atoms with Gasteiger partial charge in [-0.2, -0.15) is 0 Å². The molecule has 1 spiro atoms. The third kappa shape index (κ3) is 3.21. The van der Waals surface area contributed by atoms with Crippen LogP contribution in [0.1, 0.15) is 52.9 Å². The number of rotatable bonds is 4. The molecular weight excluding hydrogens is 196 g/mol. The van der Waals surface area contributed by atoms with Gasteiger partial charge in [0.25, 0.3) is 0 Å². The van der Waals surface area contributed by atoms with Crippen molar-refractivity contribution in [2.45, 2.75) is 58.4 Å². The summed E-state index contributed by atoms with van der Waals surface area (Å²) in [7, 11) is 0. The molecule has 2 nitrogen and oxygen atoms in total. The van der Waals surface area contributed by atoms with Gasteiger partial charge >= 0.3 is 0 Å². The van der Waals surface area contributed by atoms with Gasteiger partial charge in [0.1, 0.15) is 0 Å². The van der Waals surface area contributed by atoms with Crippen LogP contribution in [0.5, 0.6) is 0 Å². The first kappa shape index (κ1) is 12.4. The average molecular weight is 224 g/mol. The van der Waals surface area contributed by atoms with Gasteiger partial charge < -0.3 is 10.2 Å². The van der Waals surface area contributed by atoms with E-state index in [1.807, 2.05) is 0 Å². The van der Waals surface area contributed by atoms with Gasteiger partial charge in [-0.3, -0.25) is 0 Å². The third-order valence-electron chi connectivity index (χ3n) is 4.15. The first-order valence-corrected chi connectivity index (χ1v) is 7.03. The molecule has 16 heavy (non-hydrogen) atoms. The van der Waals surface area contributed by atoms with Crippen molar-refractivity contribution < 1.29 is 0 Å². The second kappa shape index (κ2) is 4.66. The third-order valence-corrected chi connectivity index (χ3v) is 4.15. The SMILES string of the molecule is CCCCCN1CC2(CC2)CNC(C)(C)C1. The van der Waals surface area contributed by atoms with E-state index in [0.717, 1.165) is 0 Å². The lowest BCUT2D eigenvalue weighted by Crippen LogP contribution is -2.46. The van der Waals surface area contributed by atoms with Gasteiger partial charge in [0.05, 0.1) is 0 Å². The smallest absolute Gasteiger partial charge is 0.0252 e. The Bertz CT molecular complexity index is 223. The van der Waals surface area contributed by atoms with Crippen LogP contribution in [0.2, 0.25) is 0 Å². The zero-order valence-electron chi connectivity index (χ0n) is 11.3. The van der Waals surface area contributed by atoms with Gasteiger partial charge in [0.2, 0.25) is 0 Å². The molecule has 0 atom stereocenters. The lowest BCUT2D eigenvalue weighted by molar-refractivity contribution is 0.210. The number of nitrogens with zero attached hydrogens (tertiary/aromatic N) is 1. The highest BCUT2D eigenvalue weighted by molar-refractivity contribution is 5.02. The predicted octanol–water partition coefficient (Wildman–Crippen LogP) is 2.64. The summed E-state index contributed by atoms with van der Waals surface area (Å²) < 4.78 is 0. The molecule has 1 aliphatic heterocycles. The largest absolute Gasteiger partial charge is 0.310 e. The number of nitrogens with one attached hydrogen (secondary N) is 1. The summed E-state index contributed by atoms with van der Waals surface area (Å²) in [5.41, 5.74) is 0.957. The fraction of sp³-hybridized carbons (Fsp3) is 1.00. The van der Waals surface area contributed by atoms with E-state index >= 15 is 0 Å². The highest BCUT2D eigenvalue weighted by Gasteiger charge is 2.46. The summed E-state index contributed by atoms with van der Waals surface area (Å²) in [5, 5.41) is 3.75. The standard InChI is InChI=1S/C14H28N2/c1-4-5-6-9-16-11-13(2,3)15-10-14(12-16)7-8-14/h15H,4-12H2,1-3H3. The number of hydrogen-bond acceptors (Lipinski definition) is 2. The Balaban J connectivity index is 1.88. The maximum absolute atomic E-state index is 3.75. The molecule has 1 aliphatic carbocycles. The van der Waals surface area contributed by atoms with Crippen molar-refractivity contribution in [2.24, 2.45) is 5.41 Å². The highest BCUT2D eigenvalue weighted by Crippen LogP contribution is 2.47. The maximum Gasteiger partial charge on any atom is 0.0252 e. The minimum absolute atomic E-state index is 0.304. The molecule has 1 saturated heterocycles. The molecule has 0 radical (unpaired) electrons. The van der Waals surface area contributed by atoms with Crippen LogP contribution in [0.25, 0.3) is 0 Å². The molecule has 2 aliphatic rings. The summed E-state index contributed by atoms with van der Waals surface area (Å²) in [5.74, 6) is 0. The van der Waals surface area contributed by atoms with Gasteiger partial charge in [-0.25, -0.2) is 0 Å². The number of unbranched alkanes of at least 4 members (excludes halogenated alkanes) is 2. The van der Waals surface area contributed by atoms with Crippen molar-refractivity contribution in [2.75, 3.05) is 26.2 Å². The summed E-state index contributed by atoms with van der Waals surface area (Å²) in [4.78, 5) is 2.71. The van der Waals surface area contributed by atoms with E-state index in [-0.39, 0.29) is 0 Å². The molecule has 0 amide bonds. The topological polar surface area (TPSA) is 15.3 Å². The first-order valence-electron chi connectivity index (χ1n) is 7.03. The van der Waals surface area contributed by atoms with E-state index in [2.05, 4.69) is 31.0 Å². The van der Waals surface area contributed by atoms with Crippen molar-refractivity contribution in [3.8, 4) is 0 Å². The molecule has 1 saturated carbocycles. The lowest BCUT2D eigenvalue weighted by atomic mass is 10.1. The van der Waals surface area contributed by atoms with Crippen molar-refractivity contribution in [3.05, 3.63) is 0 Å². The molecule has 0 bridgehead atoms. The van der Waals surface area contributed by atoms with E-state index in [0.29, 0.717) is 11.0 Å². The van der Waals surface area contributed by atoms with Gasteiger partial charge in [-0.1, -0.05) is 19.8 Å². The number of hydrogen-bond donors (Lipinski definition) is 1. The Morgan fingerprint density at radius 2 is 1.88 bits per heavy atom. The molecule has 0 aromatic carbocycles. The van der Waals surface area contributed by atoms with Crippen LogP contribution in [-0.4, -0.2) is 36.6 Å². The summed E-state index contributed by atoms with van der Waals surface area (Å²) in [6, 6.07) is 0. The molecule has 0 aromatic rings. The quantitative estimate of drug-likeness (QED) is 0.739. The minimum atomic E-state index is 0.304. The van der Waals surface area contributed by atoms with Crippen LogP contribution < -0.4 is 5.32 Å². The molecule has 1 N–H and O–H groups in total. The minimum Gasteiger partial charge on any atom is -0.310 e. The lowest BCUT2D eigenvalue weighted by Gasteiger charge is -2.30. The summed E-state index contributed by atoms with van der Waals surface area (Å²) in [6.07, 6.45) is 6.99.